The fourth-order valence-corrected chi connectivity index (χ4v) is 4.14. The Bertz CT molecular complexity index is 1080. The van der Waals surface area contributed by atoms with Gasteiger partial charge in [-0.3, -0.25) is 9.59 Å². The number of fused-ring (bicyclic) bond motifs is 1. The predicted molar refractivity (Wildman–Crippen MR) is 117 cm³/mol. The van der Waals surface area contributed by atoms with Crippen molar-refractivity contribution >= 4 is 22.8 Å². The van der Waals surface area contributed by atoms with Crippen molar-refractivity contribution < 1.29 is 9.59 Å². The number of para-hydroxylation sites is 2. The van der Waals surface area contributed by atoms with E-state index in [-0.39, 0.29) is 24.9 Å². The van der Waals surface area contributed by atoms with Crippen LogP contribution in [0.15, 0.2) is 42.5 Å². The first-order chi connectivity index (χ1) is 14.5. The number of aryl methyl sites for hydroxylation is 2. The van der Waals surface area contributed by atoms with Crippen molar-refractivity contribution in [1.29, 1.82) is 0 Å². The molecule has 2 amide bonds. The van der Waals surface area contributed by atoms with Crippen molar-refractivity contribution in [2.75, 3.05) is 13.1 Å². The van der Waals surface area contributed by atoms with Crippen LogP contribution >= 0.6 is 0 Å². The van der Waals surface area contributed by atoms with Crippen LogP contribution in [-0.4, -0.2) is 39.4 Å². The highest BCUT2D eigenvalue weighted by Crippen LogP contribution is 2.18. The van der Waals surface area contributed by atoms with Crippen molar-refractivity contribution in [3.8, 4) is 0 Å². The third-order valence-electron chi connectivity index (χ3n) is 5.77. The molecule has 3 aromatic rings. The molecule has 156 valence electrons. The maximum absolute atomic E-state index is 12.9. The number of imidazole rings is 1. The number of benzene rings is 2. The van der Waals surface area contributed by atoms with E-state index in [1.807, 2.05) is 65.8 Å². The van der Waals surface area contributed by atoms with Crippen molar-refractivity contribution in [2.24, 2.45) is 0 Å². The highest BCUT2D eigenvalue weighted by molar-refractivity contribution is 5.95. The monoisotopic (exact) mass is 404 g/mol. The fraction of sp³-hybridized carbons (Fsp3) is 0.375. The van der Waals surface area contributed by atoms with Gasteiger partial charge in [0.2, 0.25) is 5.91 Å². The van der Waals surface area contributed by atoms with Crippen LogP contribution in [0.25, 0.3) is 11.0 Å². The van der Waals surface area contributed by atoms with Gasteiger partial charge in [-0.1, -0.05) is 29.8 Å². The second kappa shape index (κ2) is 8.69. The van der Waals surface area contributed by atoms with Crippen LogP contribution in [0, 0.1) is 13.8 Å². The van der Waals surface area contributed by atoms with Crippen molar-refractivity contribution in [3.05, 3.63) is 65.0 Å². The molecule has 1 aliphatic rings. The number of nitrogens with one attached hydrogen (secondary N) is 1. The number of amides is 2. The molecule has 0 aliphatic carbocycles. The van der Waals surface area contributed by atoms with Crippen LogP contribution in [0.5, 0.6) is 0 Å². The minimum Gasteiger partial charge on any atom is -0.345 e. The highest BCUT2D eigenvalue weighted by Gasteiger charge is 2.20. The molecular weight excluding hydrogens is 376 g/mol. The van der Waals surface area contributed by atoms with E-state index < -0.39 is 0 Å². The topological polar surface area (TPSA) is 67.2 Å². The first-order valence-electron chi connectivity index (χ1n) is 10.6. The molecule has 1 fully saturated rings. The molecular formula is C24H28N4O2. The van der Waals surface area contributed by atoms with E-state index in [1.54, 1.807) is 0 Å². The van der Waals surface area contributed by atoms with Gasteiger partial charge in [0.1, 0.15) is 12.4 Å². The Labute approximate surface area is 176 Å². The molecule has 0 atom stereocenters. The van der Waals surface area contributed by atoms with Crippen LogP contribution in [-0.2, 0) is 17.9 Å². The molecule has 30 heavy (non-hydrogen) atoms. The van der Waals surface area contributed by atoms with Gasteiger partial charge in [-0.15, -0.1) is 0 Å². The lowest BCUT2D eigenvalue weighted by atomic mass is 10.1. The number of carbonyl (C=O) groups is 2. The minimum absolute atomic E-state index is 0.111. The summed E-state index contributed by atoms with van der Waals surface area (Å²) >= 11 is 0. The van der Waals surface area contributed by atoms with Gasteiger partial charge in [0.15, 0.2) is 0 Å². The maximum atomic E-state index is 12.9. The van der Waals surface area contributed by atoms with Gasteiger partial charge in [0.05, 0.1) is 17.6 Å². The number of likely N-dealkylation sites (tertiary alicyclic amines) is 1. The minimum atomic E-state index is -0.131. The van der Waals surface area contributed by atoms with Crippen molar-refractivity contribution in [3.63, 3.8) is 0 Å². The number of carbonyl (C=O) groups excluding carboxylic acids is 2. The van der Waals surface area contributed by atoms with Crippen LogP contribution in [0.1, 0.15) is 46.6 Å². The standard InChI is InChI=1S/C24H28N4O2/c1-17-10-11-19(18(2)14-17)24(30)25-15-22-26-20-8-4-5-9-21(20)28(22)16-23(29)27-12-6-3-7-13-27/h4-5,8-11,14H,3,6-7,12-13,15-16H2,1-2H3,(H,25,30). The molecule has 1 saturated heterocycles. The number of rotatable bonds is 5. The van der Waals surface area contributed by atoms with Gasteiger partial charge < -0.3 is 14.8 Å². The number of nitrogens with zero attached hydrogens (tertiary/aromatic N) is 3. The summed E-state index contributed by atoms with van der Waals surface area (Å²) in [7, 11) is 0. The third-order valence-corrected chi connectivity index (χ3v) is 5.77. The van der Waals surface area contributed by atoms with Gasteiger partial charge >= 0.3 is 0 Å². The van der Waals surface area contributed by atoms with E-state index in [9.17, 15) is 9.59 Å². The second-order valence-corrected chi connectivity index (χ2v) is 8.05. The quantitative estimate of drug-likeness (QED) is 0.707. The Balaban J connectivity index is 1.55. The Hall–Kier alpha value is -3.15. The summed E-state index contributed by atoms with van der Waals surface area (Å²) in [5, 5.41) is 2.98. The molecule has 0 saturated carbocycles. The average Bonchev–Trinajstić information content (AvgIpc) is 3.10. The van der Waals surface area contributed by atoms with Gasteiger partial charge in [0, 0.05) is 18.7 Å². The summed E-state index contributed by atoms with van der Waals surface area (Å²) in [6.07, 6.45) is 3.32. The molecule has 6 nitrogen and oxygen atoms in total. The van der Waals surface area contributed by atoms with E-state index in [0.29, 0.717) is 11.4 Å². The fourth-order valence-electron chi connectivity index (χ4n) is 4.14. The summed E-state index contributed by atoms with van der Waals surface area (Å²) < 4.78 is 1.94. The SMILES string of the molecule is Cc1ccc(C(=O)NCc2nc3ccccc3n2CC(=O)N2CCCCC2)c(C)c1. The predicted octanol–water partition coefficient (Wildman–Crippen LogP) is 3.60. The van der Waals surface area contributed by atoms with E-state index in [4.69, 9.17) is 4.98 Å². The lowest BCUT2D eigenvalue weighted by Gasteiger charge is -2.27. The smallest absolute Gasteiger partial charge is 0.251 e. The average molecular weight is 405 g/mol. The summed E-state index contributed by atoms with van der Waals surface area (Å²) in [5.74, 6) is 0.674. The number of hydrogen-bond donors (Lipinski definition) is 1. The van der Waals surface area contributed by atoms with Crippen LogP contribution in [0.2, 0.25) is 0 Å². The molecule has 6 heteroatoms. The molecule has 2 heterocycles. The van der Waals surface area contributed by atoms with Crippen LogP contribution in [0.3, 0.4) is 0 Å². The van der Waals surface area contributed by atoms with Gasteiger partial charge in [-0.05, 0) is 56.9 Å². The molecule has 0 spiro atoms. The third kappa shape index (κ3) is 4.22. The summed E-state index contributed by atoms with van der Waals surface area (Å²) in [5.41, 5.74) is 4.48. The van der Waals surface area contributed by atoms with E-state index >= 15 is 0 Å². The lowest BCUT2D eigenvalue weighted by molar-refractivity contribution is -0.132. The van der Waals surface area contributed by atoms with E-state index in [0.717, 1.165) is 48.1 Å². The van der Waals surface area contributed by atoms with Crippen LogP contribution < -0.4 is 5.32 Å². The molecule has 0 bridgehead atoms. The molecule has 0 radical (unpaired) electrons. The molecule has 1 aliphatic heterocycles. The summed E-state index contributed by atoms with van der Waals surface area (Å²) in [4.78, 5) is 32.2. The summed E-state index contributed by atoms with van der Waals surface area (Å²) in [6.45, 7) is 6.11. The summed E-state index contributed by atoms with van der Waals surface area (Å²) in [6, 6.07) is 13.6. The number of aromatic nitrogens is 2. The second-order valence-electron chi connectivity index (χ2n) is 8.05. The zero-order chi connectivity index (χ0) is 21.1. The highest BCUT2D eigenvalue weighted by atomic mass is 16.2. The molecule has 1 N–H and O–H groups in total. The normalized spacial score (nSPS) is 14.1. The zero-order valence-electron chi connectivity index (χ0n) is 17.6. The van der Waals surface area contributed by atoms with E-state index in [1.165, 1.54) is 6.42 Å². The Morgan fingerprint density at radius 3 is 2.57 bits per heavy atom. The molecule has 1 aromatic heterocycles. The molecule has 2 aromatic carbocycles. The Morgan fingerprint density at radius 2 is 1.80 bits per heavy atom. The molecule has 0 unspecified atom stereocenters. The Morgan fingerprint density at radius 1 is 1.03 bits per heavy atom. The number of piperidine rings is 1. The lowest BCUT2D eigenvalue weighted by Crippen LogP contribution is -2.38. The largest absolute Gasteiger partial charge is 0.345 e. The zero-order valence-corrected chi connectivity index (χ0v) is 17.6. The van der Waals surface area contributed by atoms with E-state index in [2.05, 4.69) is 5.32 Å². The first-order valence-corrected chi connectivity index (χ1v) is 10.6. The van der Waals surface area contributed by atoms with Gasteiger partial charge in [-0.25, -0.2) is 4.98 Å². The van der Waals surface area contributed by atoms with Crippen molar-refractivity contribution in [1.82, 2.24) is 19.8 Å². The van der Waals surface area contributed by atoms with Gasteiger partial charge in [0.25, 0.3) is 5.91 Å². The van der Waals surface area contributed by atoms with Gasteiger partial charge in [-0.2, -0.15) is 0 Å². The Kier molecular flexibility index (Phi) is 5.84. The first kappa shape index (κ1) is 20.1. The maximum Gasteiger partial charge on any atom is 0.251 e. The molecule has 4 rings (SSSR count). The van der Waals surface area contributed by atoms with Crippen molar-refractivity contribution in [2.45, 2.75) is 46.2 Å². The van der Waals surface area contributed by atoms with Crippen LogP contribution in [0.4, 0.5) is 0 Å². The number of hydrogen-bond acceptors (Lipinski definition) is 3.